The van der Waals surface area contributed by atoms with Crippen LogP contribution in [0.15, 0.2) is 89.8 Å². The lowest BCUT2D eigenvalue weighted by Gasteiger charge is -2.25. The third kappa shape index (κ3) is 2.19. The van der Waals surface area contributed by atoms with Crippen LogP contribution in [0.5, 0.6) is 0 Å². The van der Waals surface area contributed by atoms with E-state index in [9.17, 15) is 0 Å². The summed E-state index contributed by atoms with van der Waals surface area (Å²) in [5.74, 6) is 0. The highest BCUT2D eigenvalue weighted by Gasteiger charge is 2.39. The molecule has 3 heteroatoms. The molecule has 0 amide bonds. The Hall–Kier alpha value is -3.17. The Balaban J connectivity index is 1.59. The molecule has 1 unspecified atom stereocenters. The minimum absolute atomic E-state index is 0.0479. The maximum atomic E-state index is 3.79. The molecular formula is C28H22N2S. The quantitative estimate of drug-likeness (QED) is 0.299. The Morgan fingerprint density at radius 2 is 1.55 bits per heavy atom. The van der Waals surface area contributed by atoms with Crippen LogP contribution < -0.4 is 5.32 Å². The SMILES string of the molecule is CC1(C)c2ccccc2-c2ccc3c4ccccc4n(C4Nc5ccccc5S4)c3c21. The summed E-state index contributed by atoms with van der Waals surface area (Å²) in [6, 6.07) is 31.1. The van der Waals surface area contributed by atoms with Crippen LogP contribution in [0.2, 0.25) is 0 Å². The number of fused-ring (bicyclic) bond motifs is 8. The first-order valence-electron chi connectivity index (χ1n) is 10.8. The van der Waals surface area contributed by atoms with E-state index in [4.69, 9.17) is 0 Å². The van der Waals surface area contributed by atoms with E-state index < -0.39 is 0 Å². The second-order valence-electron chi connectivity index (χ2n) is 9.05. The van der Waals surface area contributed by atoms with Gasteiger partial charge < -0.3 is 9.88 Å². The lowest BCUT2D eigenvalue weighted by Crippen LogP contribution is -2.18. The molecule has 0 saturated carbocycles. The number of hydrogen-bond acceptors (Lipinski definition) is 2. The van der Waals surface area contributed by atoms with Gasteiger partial charge in [0.05, 0.1) is 16.7 Å². The minimum Gasteiger partial charge on any atom is -0.355 e. The highest BCUT2D eigenvalue weighted by Crippen LogP contribution is 2.54. The molecule has 7 rings (SSSR count). The molecule has 2 aliphatic rings. The Kier molecular flexibility index (Phi) is 3.36. The molecule has 1 N–H and O–H groups in total. The summed E-state index contributed by atoms with van der Waals surface area (Å²) < 4.78 is 2.54. The monoisotopic (exact) mass is 418 g/mol. The van der Waals surface area contributed by atoms with Crippen molar-refractivity contribution in [2.24, 2.45) is 0 Å². The molecule has 1 aliphatic carbocycles. The second-order valence-corrected chi connectivity index (χ2v) is 10.2. The zero-order chi connectivity index (χ0) is 20.7. The second kappa shape index (κ2) is 5.95. The van der Waals surface area contributed by atoms with Crippen LogP contribution in [-0.2, 0) is 5.41 Å². The number of nitrogens with zero attached hydrogens (tertiary/aromatic N) is 1. The normalized spacial score (nSPS) is 18.1. The van der Waals surface area contributed by atoms with Crippen molar-refractivity contribution in [2.75, 3.05) is 5.32 Å². The van der Waals surface area contributed by atoms with Gasteiger partial charge >= 0.3 is 0 Å². The largest absolute Gasteiger partial charge is 0.355 e. The third-order valence-corrected chi connectivity index (χ3v) is 8.19. The summed E-state index contributed by atoms with van der Waals surface area (Å²) in [5, 5.41) is 6.45. The molecule has 150 valence electrons. The average Bonchev–Trinajstić information content (AvgIpc) is 3.43. The molecule has 0 saturated heterocycles. The van der Waals surface area contributed by atoms with Crippen LogP contribution in [0.1, 0.15) is 30.5 Å². The van der Waals surface area contributed by atoms with E-state index in [2.05, 4.69) is 109 Å². The first-order valence-corrected chi connectivity index (χ1v) is 11.7. The molecule has 5 aromatic rings. The lowest BCUT2D eigenvalue weighted by atomic mass is 9.81. The summed E-state index contributed by atoms with van der Waals surface area (Å²) >= 11 is 1.90. The molecule has 1 atom stereocenters. The van der Waals surface area contributed by atoms with Crippen LogP contribution in [0.25, 0.3) is 32.9 Å². The van der Waals surface area contributed by atoms with E-state index >= 15 is 0 Å². The molecule has 2 nitrogen and oxygen atoms in total. The Bertz CT molecular complexity index is 1500. The first kappa shape index (κ1) is 17.5. The summed E-state index contributed by atoms with van der Waals surface area (Å²) in [6.07, 6.45) is 0. The summed E-state index contributed by atoms with van der Waals surface area (Å²) in [5.41, 5.74) is 9.56. The van der Waals surface area contributed by atoms with Gasteiger partial charge in [0.1, 0.15) is 0 Å². The topological polar surface area (TPSA) is 17.0 Å². The Morgan fingerprint density at radius 1 is 0.774 bits per heavy atom. The van der Waals surface area contributed by atoms with Gasteiger partial charge in [0.2, 0.25) is 0 Å². The highest BCUT2D eigenvalue weighted by molar-refractivity contribution is 8.00. The molecular weight excluding hydrogens is 396 g/mol. The van der Waals surface area contributed by atoms with Crippen molar-refractivity contribution in [2.45, 2.75) is 29.7 Å². The molecule has 1 aliphatic heterocycles. The molecule has 0 spiro atoms. The minimum atomic E-state index is -0.0479. The first-order chi connectivity index (χ1) is 15.1. The fraction of sp³-hybridized carbons (Fsp3) is 0.143. The lowest BCUT2D eigenvalue weighted by molar-refractivity contribution is 0.659. The molecule has 0 radical (unpaired) electrons. The number of aromatic nitrogens is 1. The van der Waals surface area contributed by atoms with Gasteiger partial charge in [0.25, 0.3) is 0 Å². The van der Waals surface area contributed by atoms with Crippen molar-refractivity contribution >= 4 is 39.3 Å². The summed E-state index contributed by atoms with van der Waals surface area (Å²) in [6.45, 7) is 4.76. The van der Waals surface area contributed by atoms with Crippen LogP contribution in [0, 0.1) is 0 Å². The average molecular weight is 419 g/mol. The van der Waals surface area contributed by atoms with E-state index in [0.29, 0.717) is 0 Å². The fourth-order valence-corrected chi connectivity index (χ4v) is 6.84. The summed E-state index contributed by atoms with van der Waals surface area (Å²) in [7, 11) is 0. The predicted octanol–water partition coefficient (Wildman–Crippen LogP) is 7.77. The van der Waals surface area contributed by atoms with E-state index in [1.807, 2.05) is 11.8 Å². The molecule has 31 heavy (non-hydrogen) atoms. The van der Waals surface area contributed by atoms with Crippen molar-refractivity contribution in [1.29, 1.82) is 0 Å². The zero-order valence-corrected chi connectivity index (χ0v) is 18.3. The van der Waals surface area contributed by atoms with Gasteiger partial charge in [-0.3, -0.25) is 0 Å². The zero-order valence-electron chi connectivity index (χ0n) is 17.5. The maximum Gasteiger partial charge on any atom is 0.157 e. The number of anilines is 1. The maximum absolute atomic E-state index is 3.79. The van der Waals surface area contributed by atoms with E-state index in [1.165, 1.54) is 54.6 Å². The number of hydrogen-bond donors (Lipinski definition) is 1. The van der Waals surface area contributed by atoms with Gasteiger partial charge in [-0.25, -0.2) is 0 Å². The third-order valence-electron chi connectivity index (χ3n) is 7.03. The smallest absolute Gasteiger partial charge is 0.157 e. The van der Waals surface area contributed by atoms with Gasteiger partial charge in [0.15, 0.2) is 5.50 Å². The van der Waals surface area contributed by atoms with Gasteiger partial charge in [0, 0.05) is 21.1 Å². The molecule has 1 aromatic heterocycles. The van der Waals surface area contributed by atoms with Crippen LogP contribution in [-0.4, -0.2) is 4.57 Å². The molecule has 4 aromatic carbocycles. The Labute approximate surface area is 185 Å². The van der Waals surface area contributed by atoms with Gasteiger partial charge in [-0.1, -0.05) is 92.3 Å². The van der Waals surface area contributed by atoms with Gasteiger partial charge in [-0.2, -0.15) is 0 Å². The van der Waals surface area contributed by atoms with E-state index in [0.717, 1.165) is 0 Å². The number of rotatable bonds is 1. The van der Waals surface area contributed by atoms with Gasteiger partial charge in [-0.05, 0) is 40.5 Å². The van der Waals surface area contributed by atoms with Gasteiger partial charge in [-0.15, -0.1) is 0 Å². The number of nitrogens with one attached hydrogen (secondary N) is 1. The van der Waals surface area contributed by atoms with Crippen molar-refractivity contribution in [3.8, 4) is 11.1 Å². The van der Waals surface area contributed by atoms with Crippen molar-refractivity contribution < 1.29 is 0 Å². The van der Waals surface area contributed by atoms with E-state index in [1.54, 1.807) is 0 Å². The van der Waals surface area contributed by atoms with Crippen LogP contribution in [0.3, 0.4) is 0 Å². The molecule has 0 bridgehead atoms. The molecule has 2 heterocycles. The van der Waals surface area contributed by atoms with Crippen molar-refractivity contribution in [3.63, 3.8) is 0 Å². The summed E-state index contributed by atoms with van der Waals surface area (Å²) in [4.78, 5) is 1.31. The van der Waals surface area contributed by atoms with Crippen molar-refractivity contribution in [1.82, 2.24) is 4.57 Å². The van der Waals surface area contributed by atoms with Crippen LogP contribution in [0.4, 0.5) is 5.69 Å². The molecule has 0 fully saturated rings. The van der Waals surface area contributed by atoms with Crippen molar-refractivity contribution in [3.05, 3.63) is 96.1 Å². The van der Waals surface area contributed by atoms with Crippen LogP contribution >= 0.6 is 11.8 Å². The number of benzene rings is 4. The predicted molar refractivity (Wildman–Crippen MR) is 132 cm³/mol. The Morgan fingerprint density at radius 3 is 2.45 bits per heavy atom. The number of para-hydroxylation sites is 2. The fourth-order valence-electron chi connectivity index (χ4n) is 5.68. The standard InChI is InChI=1S/C28H22N2S/c1-28(2)21-11-5-3-9-17(21)19-15-16-20-18-10-4-7-13-23(18)30(26(20)25(19)28)27-29-22-12-6-8-14-24(22)31-27/h3-16,27,29H,1-2H3. The highest BCUT2D eigenvalue weighted by atomic mass is 32.2. The number of thioether (sulfide) groups is 1. The van der Waals surface area contributed by atoms with E-state index in [-0.39, 0.29) is 10.9 Å².